The average molecular weight is 268 g/mol. The molecule has 2 atom stereocenters. The van der Waals surface area contributed by atoms with Crippen LogP contribution in [0.4, 0.5) is 0 Å². The normalized spacial score (nSPS) is 21.1. The van der Waals surface area contributed by atoms with Crippen LogP contribution in [0, 0.1) is 12.8 Å². The lowest BCUT2D eigenvalue weighted by Gasteiger charge is -2.23. The largest absolute Gasteiger partial charge is 0.393 e. The van der Waals surface area contributed by atoms with Crippen molar-refractivity contribution in [3.05, 3.63) is 15.6 Å². The summed E-state index contributed by atoms with van der Waals surface area (Å²) in [7, 11) is 0. The zero-order chi connectivity index (χ0) is 13.1. The Kier molecular flexibility index (Phi) is 4.76. The van der Waals surface area contributed by atoms with Crippen LogP contribution < -0.4 is 5.32 Å². The lowest BCUT2D eigenvalue weighted by Crippen LogP contribution is -2.28. The number of aliphatic hydroxyl groups excluding tert-OH is 1. The summed E-state index contributed by atoms with van der Waals surface area (Å²) in [6.45, 7) is 7.11. The van der Waals surface area contributed by atoms with Gasteiger partial charge in [0, 0.05) is 10.9 Å². The highest BCUT2D eigenvalue weighted by molar-refractivity contribution is 7.11. The number of hydrogen-bond donors (Lipinski definition) is 2. The number of nitrogens with zero attached hydrogens (tertiary/aromatic N) is 1. The average Bonchev–Trinajstić information content (AvgIpc) is 2.70. The summed E-state index contributed by atoms with van der Waals surface area (Å²) in [4.78, 5) is 6.03. The molecule has 0 fully saturated rings. The second-order valence-electron chi connectivity index (χ2n) is 5.54. The molecule has 1 aromatic rings. The lowest BCUT2D eigenvalue weighted by atomic mass is 9.97. The number of nitrogens with one attached hydrogen (secondary N) is 1. The first-order valence-electron chi connectivity index (χ1n) is 6.95. The van der Waals surface area contributed by atoms with E-state index in [4.69, 9.17) is 0 Å². The van der Waals surface area contributed by atoms with Crippen molar-refractivity contribution >= 4 is 11.3 Å². The van der Waals surface area contributed by atoms with Crippen LogP contribution in [0.15, 0.2) is 0 Å². The molecule has 1 aromatic heterocycles. The fourth-order valence-corrected chi connectivity index (χ4v) is 3.56. The molecule has 18 heavy (non-hydrogen) atoms. The van der Waals surface area contributed by atoms with E-state index in [0.717, 1.165) is 19.4 Å². The van der Waals surface area contributed by atoms with Crippen molar-refractivity contribution in [1.29, 1.82) is 0 Å². The molecular weight excluding hydrogens is 244 g/mol. The topological polar surface area (TPSA) is 45.2 Å². The highest BCUT2D eigenvalue weighted by atomic mass is 32.1. The van der Waals surface area contributed by atoms with Gasteiger partial charge in [-0.15, -0.1) is 11.3 Å². The molecule has 0 saturated carbocycles. The van der Waals surface area contributed by atoms with Crippen molar-refractivity contribution in [2.45, 2.75) is 58.6 Å². The first-order chi connectivity index (χ1) is 8.58. The predicted molar refractivity (Wildman–Crippen MR) is 76.0 cm³/mol. The molecule has 0 bridgehead atoms. The van der Waals surface area contributed by atoms with Gasteiger partial charge < -0.3 is 10.4 Å². The molecule has 4 heteroatoms. The van der Waals surface area contributed by atoms with Crippen LogP contribution in [0.25, 0.3) is 0 Å². The van der Waals surface area contributed by atoms with E-state index in [0.29, 0.717) is 12.0 Å². The van der Waals surface area contributed by atoms with Gasteiger partial charge in [0.25, 0.3) is 0 Å². The molecule has 0 radical (unpaired) electrons. The summed E-state index contributed by atoms with van der Waals surface area (Å²) in [6, 6.07) is 0.458. The Balaban J connectivity index is 1.87. The molecule has 0 spiro atoms. The van der Waals surface area contributed by atoms with E-state index >= 15 is 0 Å². The molecule has 0 aliphatic heterocycles. The predicted octanol–water partition coefficient (Wildman–Crippen LogP) is 2.83. The second kappa shape index (κ2) is 6.13. The van der Waals surface area contributed by atoms with Crippen molar-refractivity contribution in [3.63, 3.8) is 0 Å². The van der Waals surface area contributed by atoms with Crippen LogP contribution in [0.3, 0.4) is 0 Å². The van der Waals surface area contributed by atoms with Crippen molar-refractivity contribution in [2.24, 2.45) is 5.92 Å². The van der Waals surface area contributed by atoms with Gasteiger partial charge in [0.1, 0.15) is 0 Å². The zero-order valence-electron chi connectivity index (χ0n) is 11.6. The van der Waals surface area contributed by atoms with E-state index in [9.17, 15) is 5.11 Å². The summed E-state index contributed by atoms with van der Waals surface area (Å²) in [5.41, 5.74) is 1.30. The van der Waals surface area contributed by atoms with Gasteiger partial charge in [0.15, 0.2) is 0 Å². The second-order valence-corrected chi connectivity index (χ2v) is 6.78. The molecule has 3 nitrogen and oxygen atoms in total. The minimum Gasteiger partial charge on any atom is -0.393 e. The Labute approximate surface area is 114 Å². The molecule has 0 saturated heterocycles. The third-order valence-electron chi connectivity index (χ3n) is 3.66. The van der Waals surface area contributed by atoms with Gasteiger partial charge in [-0.1, -0.05) is 13.8 Å². The third kappa shape index (κ3) is 3.31. The minimum atomic E-state index is -0.191. The number of hydrogen-bond acceptors (Lipinski definition) is 4. The van der Waals surface area contributed by atoms with E-state index in [1.165, 1.54) is 28.4 Å². The number of aromatic nitrogens is 1. The maximum absolute atomic E-state index is 9.81. The summed E-state index contributed by atoms with van der Waals surface area (Å²) in [6.07, 6.45) is 4.20. The van der Waals surface area contributed by atoms with Gasteiger partial charge in [0.2, 0.25) is 0 Å². The van der Waals surface area contributed by atoms with Crippen molar-refractivity contribution in [1.82, 2.24) is 10.3 Å². The van der Waals surface area contributed by atoms with Crippen LogP contribution >= 0.6 is 11.3 Å². The molecule has 102 valence electrons. The highest BCUT2D eigenvalue weighted by Crippen LogP contribution is 2.33. The van der Waals surface area contributed by atoms with Gasteiger partial charge >= 0.3 is 0 Å². The number of aliphatic hydroxyl groups is 1. The number of aryl methyl sites for hydroxylation is 2. The molecule has 2 rings (SSSR count). The van der Waals surface area contributed by atoms with Crippen molar-refractivity contribution < 1.29 is 5.11 Å². The van der Waals surface area contributed by atoms with E-state index < -0.39 is 0 Å². The molecule has 1 aliphatic rings. The Morgan fingerprint density at radius 1 is 1.50 bits per heavy atom. The number of fused-ring (bicyclic) bond motifs is 1. The fraction of sp³-hybridized carbons (Fsp3) is 0.786. The van der Waals surface area contributed by atoms with Crippen LogP contribution in [-0.4, -0.2) is 22.7 Å². The molecule has 1 aliphatic carbocycles. The standard InChI is InChI=1S/C14H24N2OS/c1-9(2)13(17)7-8-15-11-5-4-6-12-14(11)18-10(3)16-12/h9,11,13,15,17H,4-8H2,1-3H3. The SMILES string of the molecule is Cc1nc2c(s1)C(NCCC(O)C(C)C)CCC2. The molecular formula is C14H24N2OS. The molecule has 2 unspecified atom stereocenters. The Bertz CT molecular complexity index is 389. The first kappa shape index (κ1) is 14.0. The van der Waals surface area contributed by atoms with Crippen molar-refractivity contribution in [2.75, 3.05) is 6.54 Å². The van der Waals surface area contributed by atoms with Crippen LogP contribution in [-0.2, 0) is 6.42 Å². The Morgan fingerprint density at radius 3 is 3.00 bits per heavy atom. The molecule has 0 amide bonds. The summed E-state index contributed by atoms with van der Waals surface area (Å²) in [5, 5.41) is 14.6. The summed E-state index contributed by atoms with van der Waals surface area (Å²) < 4.78 is 0. The summed E-state index contributed by atoms with van der Waals surface area (Å²) >= 11 is 1.83. The maximum Gasteiger partial charge on any atom is 0.0900 e. The van der Waals surface area contributed by atoms with Crippen molar-refractivity contribution in [3.8, 4) is 0 Å². The third-order valence-corrected chi connectivity index (χ3v) is 4.78. The Hall–Kier alpha value is -0.450. The van der Waals surface area contributed by atoms with Crippen LogP contribution in [0.5, 0.6) is 0 Å². The quantitative estimate of drug-likeness (QED) is 0.863. The summed E-state index contributed by atoms with van der Waals surface area (Å²) in [5.74, 6) is 0.347. The van der Waals surface area contributed by atoms with Gasteiger partial charge in [-0.25, -0.2) is 4.98 Å². The first-order valence-corrected chi connectivity index (χ1v) is 7.77. The highest BCUT2D eigenvalue weighted by Gasteiger charge is 2.23. The zero-order valence-corrected chi connectivity index (χ0v) is 12.4. The number of thiazole rings is 1. The molecule has 0 aromatic carbocycles. The smallest absolute Gasteiger partial charge is 0.0900 e. The number of rotatable bonds is 5. The fourth-order valence-electron chi connectivity index (χ4n) is 2.48. The van der Waals surface area contributed by atoms with E-state index in [1.54, 1.807) is 0 Å². The van der Waals surface area contributed by atoms with Gasteiger partial charge in [-0.05, 0) is 45.1 Å². The molecule has 2 N–H and O–H groups in total. The molecule has 1 heterocycles. The van der Waals surface area contributed by atoms with Gasteiger partial charge in [-0.3, -0.25) is 0 Å². The monoisotopic (exact) mass is 268 g/mol. The lowest BCUT2D eigenvalue weighted by molar-refractivity contribution is 0.115. The van der Waals surface area contributed by atoms with Gasteiger partial charge in [0.05, 0.1) is 16.8 Å². The van der Waals surface area contributed by atoms with Gasteiger partial charge in [-0.2, -0.15) is 0 Å². The van der Waals surface area contributed by atoms with Crippen LogP contribution in [0.1, 0.15) is 54.7 Å². The van der Waals surface area contributed by atoms with Crippen LogP contribution in [0.2, 0.25) is 0 Å². The maximum atomic E-state index is 9.81. The van der Waals surface area contributed by atoms with E-state index in [2.05, 4.69) is 31.1 Å². The van der Waals surface area contributed by atoms with E-state index in [1.807, 2.05) is 11.3 Å². The Morgan fingerprint density at radius 2 is 2.28 bits per heavy atom. The minimum absolute atomic E-state index is 0.191. The van der Waals surface area contributed by atoms with E-state index in [-0.39, 0.29) is 6.10 Å².